The van der Waals surface area contributed by atoms with Crippen LogP contribution >= 0.6 is 0 Å². The molecule has 1 saturated carbocycles. The topological polar surface area (TPSA) is 52.6 Å². The molecule has 1 atom stereocenters. The molecule has 1 heterocycles. The molecule has 0 aromatic rings. The standard InChI is InChI=1S/C15H28N2O2/c1-15(2,19)13-9-6-10-17(13)11-14(18)16-12-7-4-3-5-8-12/h12-13,19H,3-11H2,1-2H3,(H,16,18). The van der Waals surface area contributed by atoms with Crippen LogP contribution in [0, 0.1) is 0 Å². The summed E-state index contributed by atoms with van der Waals surface area (Å²) in [6.07, 6.45) is 8.09. The van der Waals surface area contributed by atoms with E-state index in [1.165, 1.54) is 19.3 Å². The molecule has 1 saturated heterocycles. The molecule has 2 N–H and O–H groups in total. The number of carbonyl (C=O) groups excluding carboxylic acids is 1. The Balaban J connectivity index is 1.81. The fraction of sp³-hybridized carbons (Fsp3) is 0.933. The number of nitrogens with one attached hydrogen (secondary N) is 1. The lowest BCUT2D eigenvalue weighted by Gasteiger charge is -2.34. The van der Waals surface area contributed by atoms with Crippen LogP contribution in [0.4, 0.5) is 0 Å². The molecule has 1 aliphatic heterocycles. The summed E-state index contributed by atoms with van der Waals surface area (Å²) < 4.78 is 0. The normalized spacial score (nSPS) is 26.6. The monoisotopic (exact) mass is 268 g/mol. The highest BCUT2D eigenvalue weighted by molar-refractivity contribution is 5.78. The van der Waals surface area contributed by atoms with Gasteiger partial charge in [0.05, 0.1) is 12.1 Å². The molecular formula is C15H28N2O2. The van der Waals surface area contributed by atoms with Crippen molar-refractivity contribution in [2.75, 3.05) is 13.1 Å². The van der Waals surface area contributed by atoms with Crippen molar-refractivity contribution < 1.29 is 9.90 Å². The van der Waals surface area contributed by atoms with Crippen LogP contribution in [0.5, 0.6) is 0 Å². The smallest absolute Gasteiger partial charge is 0.234 e. The quantitative estimate of drug-likeness (QED) is 0.815. The van der Waals surface area contributed by atoms with Crippen LogP contribution in [-0.4, -0.2) is 46.7 Å². The molecule has 1 unspecified atom stereocenters. The van der Waals surface area contributed by atoms with E-state index in [0.717, 1.165) is 32.2 Å². The molecule has 2 fully saturated rings. The van der Waals surface area contributed by atoms with E-state index in [1.807, 2.05) is 13.8 Å². The summed E-state index contributed by atoms with van der Waals surface area (Å²) >= 11 is 0. The highest BCUT2D eigenvalue weighted by Crippen LogP contribution is 2.26. The Hall–Kier alpha value is -0.610. The van der Waals surface area contributed by atoms with Gasteiger partial charge >= 0.3 is 0 Å². The molecule has 2 rings (SSSR count). The SMILES string of the molecule is CC(C)(O)C1CCCN1CC(=O)NC1CCCCC1. The molecule has 1 aliphatic carbocycles. The van der Waals surface area contributed by atoms with E-state index in [9.17, 15) is 9.90 Å². The van der Waals surface area contributed by atoms with E-state index in [1.54, 1.807) is 0 Å². The number of aliphatic hydroxyl groups is 1. The van der Waals surface area contributed by atoms with Crippen LogP contribution in [-0.2, 0) is 4.79 Å². The first-order chi connectivity index (χ1) is 8.97. The van der Waals surface area contributed by atoms with Crippen molar-refractivity contribution in [1.29, 1.82) is 0 Å². The first kappa shape index (κ1) is 14.8. The van der Waals surface area contributed by atoms with Gasteiger partial charge in [0.1, 0.15) is 0 Å². The van der Waals surface area contributed by atoms with E-state index >= 15 is 0 Å². The summed E-state index contributed by atoms with van der Waals surface area (Å²) in [5.74, 6) is 0.128. The summed E-state index contributed by atoms with van der Waals surface area (Å²) in [7, 11) is 0. The van der Waals surface area contributed by atoms with Crippen molar-refractivity contribution in [2.45, 2.75) is 76.5 Å². The molecule has 0 aromatic carbocycles. The molecule has 2 aliphatic rings. The number of nitrogens with zero attached hydrogens (tertiary/aromatic N) is 1. The van der Waals surface area contributed by atoms with Gasteiger partial charge in [-0.15, -0.1) is 0 Å². The molecule has 0 aromatic heterocycles. The molecule has 4 heteroatoms. The lowest BCUT2D eigenvalue weighted by Crippen LogP contribution is -2.50. The second-order valence-electron chi connectivity index (χ2n) is 6.68. The van der Waals surface area contributed by atoms with Crippen molar-refractivity contribution >= 4 is 5.91 Å². The maximum atomic E-state index is 12.1. The van der Waals surface area contributed by atoms with Gasteiger partial charge in [-0.25, -0.2) is 0 Å². The lowest BCUT2D eigenvalue weighted by atomic mass is 9.95. The Labute approximate surface area is 116 Å². The first-order valence-corrected chi connectivity index (χ1v) is 7.72. The number of hydrogen-bond donors (Lipinski definition) is 2. The molecule has 0 bridgehead atoms. The van der Waals surface area contributed by atoms with Crippen LogP contribution < -0.4 is 5.32 Å². The zero-order valence-corrected chi connectivity index (χ0v) is 12.3. The average molecular weight is 268 g/mol. The minimum atomic E-state index is -0.721. The molecule has 0 radical (unpaired) electrons. The lowest BCUT2D eigenvalue weighted by molar-refractivity contribution is -0.124. The number of amides is 1. The Morgan fingerprint density at radius 1 is 1.21 bits per heavy atom. The molecule has 19 heavy (non-hydrogen) atoms. The number of rotatable bonds is 4. The molecule has 4 nitrogen and oxygen atoms in total. The van der Waals surface area contributed by atoms with E-state index in [4.69, 9.17) is 0 Å². The fourth-order valence-corrected chi connectivity index (χ4v) is 3.52. The Bertz CT molecular complexity index is 306. The van der Waals surface area contributed by atoms with E-state index < -0.39 is 5.60 Å². The third-order valence-electron chi connectivity index (χ3n) is 4.50. The molecule has 0 spiro atoms. The van der Waals surface area contributed by atoms with Gasteiger partial charge in [0, 0.05) is 12.1 Å². The maximum Gasteiger partial charge on any atom is 0.234 e. The molecule has 110 valence electrons. The number of carbonyl (C=O) groups is 1. The second-order valence-corrected chi connectivity index (χ2v) is 6.68. The Morgan fingerprint density at radius 3 is 2.53 bits per heavy atom. The number of likely N-dealkylation sites (tertiary alicyclic amines) is 1. The van der Waals surface area contributed by atoms with Crippen molar-refractivity contribution in [3.63, 3.8) is 0 Å². The maximum absolute atomic E-state index is 12.1. The van der Waals surface area contributed by atoms with Gasteiger partial charge in [0.15, 0.2) is 0 Å². The summed E-state index contributed by atoms with van der Waals surface area (Å²) in [6.45, 7) is 5.04. The van der Waals surface area contributed by atoms with E-state index in [2.05, 4.69) is 10.2 Å². The second kappa shape index (κ2) is 6.23. The summed E-state index contributed by atoms with van der Waals surface area (Å²) in [6, 6.07) is 0.494. The van der Waals surface area contributed by atoms with Gasteiger partial charge in [-0.05, 0) is 46.1 Å². The minimum Gasteiger partial charge on any atom is -0.389 e. The largest absolute Gasteiger partial charge is 0.389 e. The highest BCUT2D eigenvalue weighted by atomic mass is 16.3. The van der Waals surface area contributed by atoms with Crippen molar-refractivity contribution in [3.8, 4) is 0 Å². The van der Waals surface area contributed by atoms with Crippen LogP contribution in [0.15, 0.2) is 0 Å². The zero-order chi connectivity index (χ0) is 13.9. The van der Waals surface area contributed by atoms with Crippen molar-refractivity contribution in [1.82, 2.24) is 10.2 Å². The van der Waals surface area contributed by atoms with Crippen LogP contribution in [0.1, 0.15) is 58.8 Å². The Kier molecular flexibility index (Phi) is 4.85. The molecular weight excluding hydrogens is 240 g/mol. The van der Waals surface area contributed by atoms with Crippen LogP contribution in [0.25, 0.3) is 0 Å². The van der Waals surface area contributed by atoms with Crippen molar-refractivity contribution in [3.05, 3.63) is 0 Å². The van der Waals surface area contributed by atoms with Gasteiger partial charge in [-0.3, -0.25) is 9.69 Å². The van der Waals surface area contributed by atoms with Crippen LogP contribution in [0.3, 0.4) is 0 Å². The average Bonchev–Trinajstić information content (AvgIpc) is 2.78. The van der Waals surface area contributed by atoms with Gasteiger partial charge in [0.25, 0.3) is 0 Å². The zero-order valence-electron chi connectivity index (χ0n) is 12.3. The first-order valence-electron chi connectivity index (χ1n) is 7.72. The summed E-state index contributed by atoms with van der Waals surface area (Å²) in [5.41, 5.74) is -0.721. The number of hydrogen-bond acceptors (Lipinski definition) is 3. The summed E-state index contributed by atoms with van der Waals surface area (Å²) in [5, 5.41) is 13.3. The van der Waals surface area contributed by atoms with Gasteiger partial charge in [-0.1, -0.05) is 19.3 Å². The summed E-state index contributed by atoms with van der Waals surface area (Å²) in [4.78, 5) is 14.2. The van der Waals surface area contributed by atoms with Gasteiger partial charge in [0.2, 0.25) is 5.91 Å². The predicted octanol–water partition coefficient (Wildman–Crippen LogP) is 1.67. The van der Waals surface area contributed by atoms with E-state index in [-0.39, 0.29) is 11.9 Å². The van der Waals surface area contributed by atoms with E-state index in [0.29, 0.717) is 12.6 Å². The predicted molar refractivity (Wildman–Crippen MR) is 75.9 cm³/mol. The molecule has 1 amide bonds. The highest BCUT2D eigenvalue weighted by Gasteiger charge is 2.36. The van der Waals surface area contributed by atoms with Gasteiger partial charge in [-0.2, -0.15) is 0 Å². The fourth-order valence-electron chi connectivity index (χ4n) is 3.52. The van der Waals surface area contributed by atoms with Gasteiger partial charge < -0.3 is 10.4 Å². The van der Waals surface area contributed by atoms with Crippen molar-refractivity contribution in [2.24, 2.45) is 0 Å². The Morgan fingerprint density at radius 2 is 1.89 bits per heavy atom. The minimum absolute atomic E-state index is 0.115. The third-order valence-corrected chi connectivity index (χ3v) is 4.50. The van der Waals surface area contributed by atoms with Crippen LogP contribution in [0.2, 0.25) is 0 Å². The third kappa shape index (κ3) is 4.18.